The molecule has 1 aliphatic carbocycles. The van der Waals surface area contributed by atoms with Gasteiger partial charge in [-0.15, -0.1) is 0 Å². The molecule has 3 unspecified atom stereocenters. The Morgan fingerprint density at radius 3 is 2.50 bits per heavy atom. The summed E-state index contributed by atoms with van der Waals surface area (Å²) in [4.78, 5) is 0. The van der Waals surface area contributed by atoms with E-state index in [2.05, 4.69) is 0 Å². The van der Waals surface area contributed by atoms with Crippen LogP contribution in [0.15, 0.2) is 18.2 Å². The molecule has 3 nitrogen and oxygen atoms in total. The van der Waals surface area contributed by atoms with Crippen molar-refractivity contribution in [3.05, 3.63) is 28.2 Å². The highest BCUT2D eigenvalue weighted by molar-refractivity contribution is 6.34. The lowest BCUT2D eigenvalue weighted by Gasteiger charge is -2.40. The van der Waals surface area contributed by atoms with Gasteiger partial charge in [0.1, 0.15) is 18.0 Å². The van der Waals surface area contributed by atoms with Gasteiger partial charge in [-0.25, -0.2) is 0 Å². The Morgan fingerprint density at radius 1 is 1.28 bits per heavy atom. The van der Waals surface area contributed by atoms with E-state index in [1.807, 2.05) is 6.92 Å². The lowest BCUT2D eigenvalue weighted by molar-refractivity contribution is -0.162. The molecule has 1 aromatic rings. The van der Waals surface area contributed by atoms with Crippen LogP contribution >= 0.6 is 23.2 Å². The van der Waals surface area contributed by atoms with Crippen molar-refractivity contribution < 1.29 is 14.6 Å². The van der Waals surface area contributed by atoms with Crippen molar-refractivity contribution in [2.45, 2.75) is 38.1 Å². The molecule has 0 heterocycles. The average molecular weight is 291 g/mol. The predicted molar refractivity (Wildman–Crippen MR) is 71.5 cm³/mol. The fourth-order valence-electron chi connectivity index (χ4n) is 1.92. The highest BCUT2D eigenvalue weighted by atomic mass is 35.5. The molecule has 0 spiro atoms. The Bertz CT molecular complexity index is 391. The molecule has 0 aliphatic heterocycles. The minimum absolute atomic E-state index is 0.138. The van der Waals surface area contributed by atoms with Crippen molar-refractivity contribution in [1.29, 1.82) is 0 Å². The molecule has 0 saturated heterocycles. The van der Waals surface area contributed by atoms with Crippen LogP contribution in [0.3, 0.4) is 0 Å². The van der Waals surface area contributed by atoms with E-state index in [0.717, 1.165) is 6.42 Å². The van der Waals surface area contributed by atoms with Crippen LogP contribution in [0, 0.1) is 0 Å². The minimum Gasteiger partial charge on any atom is -0.487 e. The quantitative estimate of drug-likeness (QED) is 0.904. The second kappa shape index (κ2) is 6.11. The van der Waals surface area contributed by atoms with Crippen molar-refractivity contribution in [2.24, 2.45) is 0 Å². The van der Waals surface area contributed by atoms with E-state index in [1.165, 1.54) is 0 Å². The number of rotatable bonds is 5. The van der Waals surface area contributed by atoms with Gasteiger partial charge in [0.2, 0.25) is 0 Å². The molecule has 100 valence electrons. The highest BCUT2D eigenvalue weighted by Crippen LogP contribution is 2.31. The number of hydrogen-bond donors (Lipinski definition) is 1. The van der Waals surface area contributed by atoms with Crippen molar-refractivity contribution in [1.82, 2.24) is 0 Å². The molecule has 1 aliphatic rings. The topological polar surface area (TPSA) is 38.7 Å². The third-order valence-corrected chi connectivity index (χ3v) is 3.29. The second-order valence-electron chi connectivity index (χ2n) is 4.40. The van der Waals surface area contributed by atoms with Gasteiger partial charge in [-0.2, -0.15) is 0 Å². The number of hydrogen-bond acceptors (Lipinski definition) is 3. The van der Waals surface area contributed by atoms with Gasteiger partial charge in [-0.1, -0.05) is 30.1 Å². The monoisotopic (exact) mass is 290 g/mol. The van der Waals surface area contributed by atoms with Crippen LogP contribution in [0.25, 0.3) is 0 Å². The number of halogens is 2. The number of aliphatic hydroxyl groups excluding tert-OH is 1. The first-order valence-electron chi connectivity index (χ1n) is 6.02. The SMILES string of the molecule is CCCOC1C(O)CC1Oc1cc(Cl)cc(Cl)c1. The summed E-state index contributed by atoms with van der Waals surface area (Å²) in [5.41, 5.74) is 0. The van der Waals surface area contributed by atoms with E-state index >= 15 is 0 Å². The summed E-state index contributed by atoms with van der Waals surface area (Å²) in [6.07, 6.45) is 0.636. The molecule has 5 heteroatoms. The van der Waals surface area contributed by atoms with Gasteiger partial charge in [0.05, 0.1) is 6.10 Å². The van der Waals surface area contributed by atoms with Gasteiger partial charge < -0.3 is 14.6 Å². The number of ether oxygens (including phenoxy) is 2. The Morgan fingerprint density at radius 2 is 1.94 bits per heavy atom. The molecular formula is C13H16Cl2O3. The zero-order chi connectivity index (χ0) is 13.1. The van der Waals surface area contributed by atoms with Crippen molar-refractivity contribution in [3.8, 4) is 5.75 Å². The smallest absolute Gasteiger partial charge is 0.130 e. The average Bonchev–Trinajstić information content (AvgIpc) is 2.27. The van der Waals surface area contributed by atoms with Crippen molar-refractivity contribution in [3.63, 3.8) is 0 Å². The first-order valence-corrected chi connectivity index (χ1v) is 6.78. The maximum Gasteiger partial charge on any atom is 0.130 e. The fraction of sp³-hybridized carbons (Fsp3) is 0.538. The van der Waals surface area contributed by atoms with E-state index in [-0.39, 0.29) is 12.2 Å². The summed E-state index contributed by atoms with van der Waals surface area (Å²) in [6.45, 7) is 2.65. The minimum atomic E-state index is -0.448. The van der Waals surface area contributed by atoms with Crippen molar-refractivity contribution >= 4 is 23.2 Å². The van der Waals surface area contributed by atoms with Crippen LogP contribution in [0.2, 0.25) is 10.0 Å². The van der Waals surface area contributed by atoms with Crippen molar-refractivity contribution in [2.75, 3.05) is 6.61 Å². The Labute approximate surface area is 117 Å². The summed E-state index contributed by atoms with van der Waals surface area (Å²) < 4.78 is 11.3. The van der Waals surface area contributed by atoms with Gasteiger partial charge in [0.25, 0.3) is 0 Å². The summed E-state index contributed by atoms with van der Waals surface area (Å²) in [5.74, 6) is 0.606. The molecule has 0 radical (unpaired) electrons. The molecule has 18 heavy (non-hydrogen) atoms. The van der Waals surface area contributed by atoms with E-state index in [4.69, 9.17) is 32.7 Å². The van der Waals surface area contributed by atoms with Gasteiger partial charge >= 0.3 is 0 Å². The molecule has 0 bridgehead atoms. The van der Waals surface area contributed by atoms with E-state index in [1.54, 1.807) is 18.2 Å². The molecule has 1 fully saturated rings. The summed E-state index contributed by atoms with van der Waals surface area (Å²) in [7, 11) is 0. The molecule has 1 saturated carbocycles. The molecular weight excluding hydrogens is 275 g/mol. The lowest BCUT2D eigenvalue weighted by atomic mass is 9.88. The molecule has 2 rings (SSSR count). The fourth-order valence-corrected chi connectivity index (χ4v) is 2.42. The Balaban J connectivity index is 1.96. The van der Waals surface area contributed by atoms with E-state index in [0.29, 0.717) is 28.8 Å². The highest BCUT2D eigenvalue weighted by Gasteiger charge is 2.42. The van der Waals surface area contributed by atoms with E-state index in [9.17, 15) is 5.11 Å². The standard InChI is InChI=1S/C13H16Cl2O3/c1-2-3-17-13-11(16)7-12(13)18-10-5-8(14)4-9(15)6-10/h4-6,11-13,16H,2-3,7H2,1H3. The van der Waals surface area contributed by atoms with E-state index < -0.39 is 6.10 Å². The predicted octanol–water partition coefficient (Wildman–Crippen LogP) is 3.30. The number of aliphatic hydroxyl groups is 1. The zero-order valence-electron chi connectivity index (χ0n) is 10.1. The van der Waals surface area contributed by atoms with Crippen LogP contribution < -0.4 is 4.74 Å². The zero-order valence-corrected chi connectivity index (χ0v) is 11.6. The Kier molecular flexibility index (Phi) is 4.73. The van der Waals surface area contributed by atoms with Crippen LogP contribution in [-0.2, 0) is 4.74 Å². The third-order valence-electron chi connectivity index (χ3n) is 2.86. The number of benzene rings is 1. The normalized spacial score (nSPS) is 26.8. The third kappa shape index (κ3) is 3.29. The summed E-state index contributed by atoms with van der Waals surface area (Å²) in [6, 6.07) is 5.06. The maximum absolute atomic E-state index is 9.63. The molecule has 3 atom stereocenters. The first kappa shape index (κ1) is 13.9. The lowest BCUT2D eigenvalue weighted by Crippen LogP contribution is -2.55. The van der Waals surface area contributed by atoms with Crippen LogP contribution in [0.1, 0.15) is 19.8 Å². The molecule has 1 N–H and O–H groups in total. The summed E-state index contributed by atoms with van der Waals surface area (Å²) in [5, 5.41) is 10.7. The van der Waals surface area contributed by atoms with Crippen LogP contribution in [-0.4, -0.2) is 30.0 Å². The van der Waals surface area contributed by atoms with Gasteiger partial charge in [0.15, 0.2) is 0 Å². The second-order valence-corrected chi connectivity index (χ2v) is 5.27. The molecule has 0 amide bonds. The maximum atomic E-state index is 9.63. The first-order chi connectivity index (χ1) is 8.60. The van der Waals surface area contributed by atoms with Crippen LogP contribution in [0.5, 0.6) is 5.75 Å². The summed E-state index contributed by atoms with van der Waals surface area (Å²) >= 11 is 11.8. The Hall–Kier alpha value is -0.480. The van der Waals surface area contributed by atoms with Gasteiger partial charge in [-0.3, -0.25) is 0 Å². The largest absolute Gasteiger partial charge is 0.487 e. The van der Waals surface area contributed by atoms with Gasteiger partial charge in [-0.05, 0) is 24.6 Å². The molecule has 1 aromatic carbocycles. The molecule has 0 aromatic heterocycles. The van der Waals surface area contributed by atoms with Crippen LogP contribution in [0.4, 0.5) is 0 Å². The van der Waals surface area contributed by atoms with Gasteiger partial charge in [0, 0.05) is 23.1 Å².